The first-order chi connectivity index (χ1) is 8.19. The van der Waals surface area contributed by atoms with Crippen molar-refractivity contribution in [2.75, 3.05) is 0 Å². The van der Waals surface area contributed by atoms with Crippen molar-refractivity contribution < 1.29 is 0 Å². The average Bonchev–Trinajstić information content (AvgIpc) is 2.33. The number of rotatable bonds is 6. The lowest BCUT2D eigenvalue weighted by molar-refractivity contribution is 0.682. The minimum absolute atomic E-state index is 0.966. The van der Waals surface area contributed by atoms with Gasteiger partial charge in [-0.2, -0.15) is 5.10 Å². The van der Waals surface area contributed by atoms with Crippen molar-refractivity contribution in [1.82, 2.24) is 0 Å². The highest BCUT2D eigenvalue weighted by molar-refractivity contribution is 9.10. The highest BCUT2D eigenvalue weighted by atomic mass is 79.9. The number of hydrogen-bond donors (Lipinski definition) is 1. The Bertz CT molecular complexity index is 386. The van der Waals surface area contributed by atoms with Gasteiger partial charge >= 0.3 is 0 Å². The second kappa shape index (κ2) is 7.49. The van der Waals surface area contributed by atoms with E-state index in [4.69, 9.17) is 5.84 Å². The summed E-state index contributed by atoms with van der Waals surface area (Å²) < 4.78 is 1.08. The first kappa shape index (κ1) is 14.2. The van der Waals surface area contributed by atoms with Gasteiger partial charge in [-0.25, -0.2) is 0 Å². The molecule has 2 N–H and O–H groups in total. The fourth-order valence-corrected chi connectivity index (χ4v) is 2.25. The fraction of sp³-hybridized carbons (Fsp3) is 0.500. The van der Waals surface area contributed by atoms with Crippen LogP contribution in [0.4, 0.5) is 0 Å². The van der Waals surface area contributed by atoms with Gasteiger partial charge in [0.15, 0.2) is 0 Å². The molecule has 0 fully saturated rings. The number of halogens is 1. The summed E-state index contributed by atoms with van der Waals surface area (Å²) in [5.74, 6) is 5.51. The summed E-state index contributed by atoms with van der Waals surface area (Å²) in [6.45, 7) is 4.31. The molecule has 0 bridgehead atoms. The molecule has 17 heavy (non-hydrogen) atoms. The first-order valence-corrected chi connectivity index (χ1v) is 7.01. The summed E-state index contributed by atoms with van der Waals surface area (Å²) in [6, 6.07) is 6.24. The number of benzene rings is 1. The van der Waals surface area contributed by atoms with Crippen LogP contribution in [0.25, 0.3) is 0 Å². The molecule has 0 heterocycles. The van der Waals surface area contributed by atoms with Crippen LogP contribution in [0, 0.1) is 6.92 Å². The van der Waals surface area contributed by atoms with E-state index in [0.29, 0.717) is 0 Å². The van der Waals surface area contributed by atoms with Crippen LogP contribution in [0.3, 0.4) is 0 Å². The van der Waals surface area contributed by atoms with E-state index in [1.54, 1.807) is 0 Å². The summed E-state index contributed by atoms with van der Waals surface area (Å²) in [4.78, 5) is 0. The Morgan fingerprint density at radius 3 is 2.71 bits per heavy atom. The first-order valence-electron chi connectivity index (χ1n) is 6.22. The maximum Gasteiger partial charge on any atom is 0.0675 e. The quantitative estimate of drug-likeness (QED) is 0.359. The molecule has 94 valence electrons. The molecule has 1 aromatic rings. The number of hydrazone groups is 1. The van der Waals surface area contributed by atoms with E-state index < -0.39 is 0 Å². The molecule has 1 rings (SSSR count). The van der Waals surface area contributed by atoms with E-state index in [1.165, 1.54) is 30.4 Å². The van der Waals surface area contributed by atoms with Crippen molar-refractivity contribution in [3.63, 3.8) is 0 Å². The third-order valence-corrected chi connectivity index (χ3v) is 3.43. The molecule has 0 aliphatic heterocycles. The van der Waals surface area contributed by atoms with Gasteiger partial charge in [0.2, 0.25) is 0 Å². The number of nitrogens with zero attached hydrogens (tertiary/aromatic N) is 1. The van der Waals surface area contributed by atoms with E-state index >= 15 is 0 Å². The predicted octanol–water partition coefficient (Wildman–Crippen LogP) is 4.39. The van der Waals surface area contributed by atoms with Crippen molar-refractivity contribution >= 4 is 21.6 Å². The Balaban J connectivity index is 2.70. The smallest absolute Gasteiger partial charge is 0.0675 e. The van der Waals surface area contributed by atoms with Crippen LogP contribution >= 0.6 is 15.9 Å². The lowest BCUT2D eigenvalue weighted by Crippen LogP contribution is -2.06. The second-order valence-electron chi connectivity index (χ2n) is 4.35. The molecule has 0 spiro atoms. The van der Waals surface area contributed by atoms with Crippen LogP contribution in [0.1, 0.15) is 50.2 Å². The third kappa shape index (κ3) is 4.50. The molecule has 0 atom stereocenters. The lowest BCUT2D eigenvalue weighted by atomic mass is 9.99. The van der Waals surface area contributed by atoms with E-state index in [-0.39, 0.29) is 0 Å². The van der Waals surface area contributed by atoms with E-state index in [2.05, 4.69) is 47.0 Å². The van der Waals surface area contributed by atoms with Crippen molar-refractivity contribution in [3.8, 4) is 0 Å². The molecule has 0 unspecified atom stereocenters. The van der Waals surface area contributed by atoms with Crippen LogP contribution in [0.15, 0.2) is 27.8 Å². The summed E-state index contributed by atoms with van der Waals surface area (Å²) in [7, 11) is 0. The van der Waals surface area contributed by atoms with Crippen molar-refractivity contribution in [3.05, 3.63) is 33.8 Å². The summed E-state index contributed by atoms with van der Waals surface area (Å²) in [5, 5.41) is 3.95. The molecule has 0 saturated carbocycles. The van der Waals surface area contributed by atoms with E-state index in [1.807, 2.05) is 6.07 Å². The number of nitrogens with two attached hydrogens (primary N) is 1. The topological polar surface area (TPSA) is 38.4 Å². The molecular weight excluding hydrogens is 276 g/mol. The Hall–Kier alpha value is -0.830. The largest absolute Gasteiger partial charge is 0.323 e. The van der Waals surface area contributed by atoms with Crippen LogP contribution in [-0.2, 0) is 0 Å². The lowest BCUT2D eigenvalue weighted by Gasteiger charge is -2.09. The SMILES string of the molecule is CCCCCCC(=NN)c1cc(Br)ccc1C. The van der Waals surface area contributed by atoms with Gasteiger partial charge in [-0.3, -0.25) is 0 Å². The van der Waals surface area contributed by atoms with Gasteiger partial charge < -0.3 is 5.84 Å². The normalized spacial score (nSPS) is 11.8. The molecule has 2 nitrogen and oxygen atoms in total. The minimum atomic E-state index is 0.966. The molecular formula is C14H21BrN2. The molecule has 0 aliphatic rings. The van der Waals surface area contributed by atoms with Crippen LogP contribution in [-0.4, -0.2) is 5.71 Å². The molecule has 0 amide bonds. The number of hydrogen-bond acceptors (Lipinski definition) is 2. The summed E-state index contributed by atoms with van der Waals surface area (Å²) >= 11 is 3.49. The zero-order valence-electron chi connectivity index (χ0n) is 10.7. The maximum atomic E-state index is 5.51. The van der Waals surface area contributed by atoms with Gasteiger partial charge in [0.05, 0.1) is 5.71 Å². The average molecular weight is 297 g/mol. The standard InChI is InChI=1S/C14H21BrN2/c1-3-4-5-6-7-14(17-16)13-10-12(15)9-8-11(13)2/h8-10H,3-7,16H2,1-2H3. The second-order valence-corrected chi connectivity index (χ2v) is 5.26. The molecule has 3 heteroatoms. The van der Waals surface area contributed by atoms with Gasteiger partial charge in [-0.15, -0.1) is 0 Å². The fourth-order valence-electron chi connectivity index (χ4n) is 1.89. The monoisotopic (exact) mass is 296 g/mol. The Morgan fingerprint density at radius 1 is 1.29 bits per heavy atom. The van der Waals surface area contributed by atoms with E-state index in [0.717, 1.165) is 23.0 Å². The van der Waals surface area contributed by atoms with Gasteiger partial charge in [-0.05, 0) is 37.5 Å². The predicted molar refractivity (Wildman–Crippen MR) is 78.4 cm³/mol. The maximum absolute atomic E-state index is 5.51. The molecule has 0 radical (unpaired) electrons. The van der Waals surface area contributed by atoms with Crippen molar-refractivity contribution in [1.29, 1.82) is 0 Å². The van der Waals surface area contributed by atoms with Crippen molar-refractivity contribution in [2.45, 2.75) is 46.0 Å². The third-order valence-electron chi connectivity index (χ3n) is 2.93. The van der Waals surface area contributed by atoms with Gasteiger partial charge in [0.25, 0.3) is 0 Å². The number of unbranched alkanes of at least 4 members (excludes halogenated alkanes) is 3. The molecule has 0 aliphatic carbocycles. The van der Waals surface area contributed by atoms with Gasteiger partial charge in [-0.1, -0.05) is 48.2 Å². The number of aryl methyl sites for hydroxylation is 1. The Kier molecular flexibility index (Phi) is 6.27. The van der Waals surface area contributed by atoms with Crippen LogP contribution in [0.2, 0.25) is 0 Å². The van der Waals surface area contributed by atoms with Crippen LogP contribution in [0.5, 0.6) is 0 Å². The van der Waals surface area contributed by atoms with Crippen LogP contribution < -0.4 is 5.84 Å². The minimum Gasteiger partial charge on any atom is -0.323 e. The molecule has 0 saturated heterocycles. The molecule has 1 aromatic carbocycles. The molecule has 0 aromatic heterocycles. The Morgan fingerprint density at radius 2 is 2.06 bits per heavy atom. The summed E-state index contributed by atoms with van der Waals surface area (Å²) in [5.41, 5.74) is 3.41. The Labute approximate surface area is 112 Å². The zero-order valence-corrected chi connectivity index (χ0v) is 12.3. The highest BCUT2D eigenvalue weighted by Gasteiger charge is 2.07. The van der Waals surface area contributed by atoms with Gasteiger partial charge in [0, 0.05) is 10.0 Å². The van der Waals surface area contributed by atoms with Crippen molar-refractivity contribution in [2.24, 2.45) is 10.9 Å². The van der Waals surface area contributed by atoms with Gasteiger partial charge in [0.1, 0.15) is 0 Å². The van der Waals surface area contributed by atoms with E-state index in [9.17, 15) is 0 Å². The summed E-state index contributed by atoms with van der Waals surface area (Å²) in [6.07, 6.45) is 5.92. The highest BCUT2D eigenvalue weighted by Crippen LogP contribution is 2.19. The zero-order chi connectivity index (χ0) is 12.7.